The van der Waals surface area contributed by atoms with E-state index in [9.17, 15) is 0 Å². The molecule has 1 unspecified atom stereocenters. The summed E-state index contributed by atoms with van der Waals surface area (Å²) in [5, 5.41) is 13.9. The number of methoxy groups -OCH3 is 1. The van der Waals surface area contributed by atoms with Crippen molar-refractivity contribution in [3.63, 3.8) is 0 Å². The summed E-state index contributed by atoms with van der Waals surface area (Å²) in [6, 6.07) is 11.4. The molecule has 3 heterocycles. The van der Waals surface area contributed by atoms with Crippen molar-refractivity contribution in [2.45, 2.75) is 50.7 Å². The third kappa shape index (κ3) is 4.53. The van der Waals surface area contributed by atoms with Crippen molar-refractivity contribution < 1.29 is 4.74 Å². The number of fused-ring (bicyclic) bond motifs is 1. The van der Waals surface area contributed by atoms with Crippen LogP contribution in [0, 0.1) is 0 Å². The molecule has 3 aromatic rings. The number of hydrogen-bond acceptors (Lipinski definition) is 7. The highest BCUT2D eigenvalue weighted by molar-refractivity contribution is 5.79. The first-order chi connectivity index (χ1) is 15.8. The molecule has 32 heavy (non-hydrogen) atoms. The third-order valence-corrected chi connectivity index (χ3v) is 7.06. The topological polar surface area (TPSA) is 72.2 Å². The molecular formula is C24H33N7O. The van der Waals surface area contributed by atoms with Gasteiger partial charge in [-0.15, -0.1) is 5.10 Å². The Kier molecular flexibility index (Phi) is 6.71. The van der Waals surface area contributed by atoms with Crippen LogP contribution in [0.25, 0.3) is 10.9 Å². The summed E-state index contributed by atoms with van der Waals surface area (Å²) in [6.07, 6.45) is 8.72. The van der Waals surface area contributed by atoms with Gasteiger partial charge in [0.15, 0.2) is 5.82 Å². The molecule has 1 aliphatic carbocycles. The van der Waals surface area contributed by atoms with Crippen LogP contribution in [0.5, 0.6) is 0 Å². The Labute approximate surface area is 189 Å². The normalized spacial score (nSPS) is 20.0. The lowest BCUT2D eigenvalue weighted by Crippen LogP contribution is -2.52. The van der Waals surface area contributed by atoms with Gasteiger partial charge in [0.2, 0.25) is 0 Å². The lowest BCUT2D eigenvalue weighted by atomic mass is 9.93. The maximum absolute atomic E-state index is 5.30. The average molecular weight is 436 g/mol. The summed E-state index contributed by atoms with van der Waals surface area (Å²) in [5.74, 6) is 0.886. The Morgan fingerprint density at radius 2 is 1.91 bits per heavy atom. The molecule has 1 aliphatic heterocycles. The molecule has 8 nitrogen and oxygen atoms in total. The third-order valence-electron chi connectivity index (χ3n) is 7.06. The number of rotatable bonds is 7. The number of hydrogen-bond donors (Lipinski definition) is 0. The molecule has 1 saturated carbocycles. The molecule has 2 fully saturated rings. The summed E-state index contributed by atoms with van der Waals surface area (Å²) in [4.78, 5) is 9.76. The molecule has 1 saturated heterocycles. The van der Waals surface area contributed by atoms with Crippen LogP contribution in [-0.4, -0.2) is 80.9 Å². The van der Waals surface area contributed by atoms with Gasteiger partial charge in [-0.1, -0.05) is 31.4 Å². The second-order valence-corrected chi connectivity index (χ2v) is 8.97. The van der Waals surface area contributed by atoms with Gasteiger partial charge in [0.25, 0.3) is 0 Å². The summed E-state index contributed by atoms with van der Waals surface area (Å²) in [6.45, 7) is 5.48. The molecule has 1 aromatic carbocycles. The van der Waals surface area contributed by atoms with Crippen molar-refractivity contribution in [2.75, 3.05) is 39.9 Å². The van der Waals surface area contributed by atoms with E-state index in [2.05, 4.69) is 54.6 Å². The molecule has 0 amide bonds. The highest BCUT2D eigenvalue weighted by Gasteiger charge is 2.32. The van der Waals surface area contributed by atoms with E-state index in [-0.39, 0.29) is 6.04 Å². The zero-order valence-corrected chi connectivity index (χ0v) is 18.9. The van der Waals surface area contributed by atoms with Crippen molar-refractivity contribution in [2.24, 2.45) is 0 Å². The van der Waals surface area contributed by atoms with E-state index in [4.69, 9.17) is 4.74 Å². The average Bonchev–Trinajstić information content (AvgIpc) is 3.32. The molecule has 0 radical (unpaired) electrons. The number of nitrogens with zero attached hydrogens (tertiary/aromatic N) is 7. The minimum Gasteiger partial charge on any atom is -0.383 e. The predicted molar refractivity (Wildman–Crippen MR) is 123 cm³/mol. The molecular weight excluding hydrogens is 402 g/mol. The van der Waals surface area contributed by atoms with Gasteiger partial charge < -0.3 is 4.74 Å². The quantitative estimate of drug-likeness (QED) is 0.565. The van der Waals surface area contributed by atoms with Crippen molar-refractivity contribution in [1.29, 1.82) is 0 Å². The first-order valence-corrected chi connectivity index (χ1v) is 11.9. The molecule has 8 heteroatoms. The Morgan fingerprint density at radius 3 is 2.72 bits per heavy atom. The van der Waals surface area contributed by atoms with Crippen LogP contribution in [0.3, 0.4) is 0 Å². The van der Waals surface area contributed by atoms with Crippen molar-refractivity contribution in [3.8, 4) is 0 Å². The van der Waals surface area contributed by atoms with Crippen LogP contribution < -0.4 is 0 Å². The van der Waals surface area contributed by atoms with Crippen molar-refractivity contribution in [3.05, 3.63) is 47.9 Å². The fraction of sp³-hybridized carbons (Fsp3) is 0.583. The second-order valence-electron chi connectivity index (χ2n) is 8.97. The Balaban J connectivity index is 1.43. The van der Waals surface area contributed by atoms with Gasteiger partial charge in [-0.05, 0) is 47.0 Å². The maximum atomic E-state index is 5.30. The number of aromatic nitrogens is 5. The molecule has 0 N–H and O–H groups in total. The van der Waals surface area contributed by atoms with E-state index in [1.54, 1.807) is 7.11 Å². The smallest absolute Gasteiger partial charge is 0.173 e. The lowest BCUT2D eigenvalue weighted by molar-refractivity contribution is 0.0615. The monoisotopic (exact) mass is 435 g/mol. The minimum atomic E-state index is 0.0139. The molecule has 2 aromatic heterocycles. The second kappa shape index (κ2) is 10.0. The molecule has 0 bridgehead atoms. The fourth-order valence-corrected chi connectivity index (χ4v) is 5.34. The van der Waals surface area contributed by atoms with E-state index in [1.165, 1.54) is 37.7 Å². The van der Waals surface area contributed by atoms with Crippen molar-refractivity contribution in [1.82, 2.24) is 35.0 Å². The summed E-state index contributed by atoms with van der Waals surface area (Å²) in [5.41, 5.74) is 2.22. The summed E-state index contributed by atoms with van der Waals surface area (Å²) in [7, 11) is 1.71. The van der Waals surface area contributed by atoms with E-state index in [1.807, 2.05) is 16.9 Å². The van der Waals surface area contributed by atoms with Crippen LogP contribution in [0.1, 0.15) is 49.5 Å². The van der Waals surface area contributed by atoms with Crippen LogP contribution in [0.2, 0.25) is 0 Å². The summed E-state index contributed by atoms with van der Waals surface area (Å²) >= 11 is 0. The lowest BCUT2D eigenvalue weighted by Gasteiger charge is -2.43. The zero-order chi connectivity index (χ0) is 21.8. The van der Waals surface area contributed by atoms with Gasteiger partial charge in [-0.2, -0.15) is 0 Å². The highest BCUT2D eigenvalue weighted by Crippen LogP contribution is 2.31. The molecule has 0 spiro atoms. The number of pyridine rings is 1. The van der Waals surface area contributed by atoms with Gasteiger partial charge in [-0.3, -0.25) is 14.8 Å². The number of benzene rings is 1. The number of piperazine rings is 1. The van der Waals surface area contributed by atoms with Crippen LogP contribution in [0.15, 0.2) is 36.5 Å². The number of ether oxygens (including phenoxy) is 1. The largest absolute Gasteiger partial charge is 0.383 e. The van der Waals surface area contributed by atoms with E-state index >= 15 is 0 Å². The number of tetrazole rings is 1. The first kappa shape index (κ1) is 21.4. The van der Waals surface area contributed by atoms with Crippen LogP contribution in [0.4, 0.5) is 0 Å². The molecule has 5 rings (SSSR count). The Hall–Kier alpha value is -2.42. The van der Waals surface area contributed by atoms with Gasteiger partial charge in [0.1, 0.15) is 0 Å². The Morgan fingerprint density at radius 1 is 1.06 bits per heavy atom. The SMILES string of the molecule is COCCn1nnnc1C(c1ccc2ncccc2c1)N1CCN(C2CCCCC2)CC1. The summed E-state index contributed by atoms with van der Waals surface area (Å²) < 4.78 is 7.19. The standard InChI is InChI=1S/C24H33N7O/c1-32-17-16-31-24(26-27-28-31)23(20-9-10-22-19(18-20)6-5-11-25-22)30-14-12-29(13-15-30)21-7-3-2-4-8-21/h5-6,9-11,18,21,23H,2-4,7-8,12-17H2,1H3. The van der Waals surface area contributed by atoms with Gasteiger partial charge >= 0.3 is 0 Å². The van der Waals surface area contributed by atoms with Crippen molar-refractivity contribution >= 4 is 10.9 Å². The minimum absolute atomic E-state index is 0.0139. The van der Waals surface area contributed by atoms with Gasteiger partial charge in [0.05, 0.1) is 24.7 Å². The van der Waals surface area contributed by atoms with E-state index in [0.29, 0.717) is 13.2 Å². The highest BCUT2D eigenvalue weighted by atomic mass is 16.5. The van der Waals surface area contributed by atoms with Crippen LogP contribution >= 0.6 is 0 Å². The molecule has 1 atom stereocenters. The van der Waals surface area contributed by atoms with E-state index < -0.39 is 0 Å². The molecule has 2 aliphatic rings. The maximum Gasteiger partial charge on any atom is 0.173 e. The van der Waals surface area contributed by atoms with Crippen LogP contribution in [-0.2, 0) is 11.3 Å². The zero-order valence-electron chi connectivity index (χ0n) is 18.9. The predicted octanol–water partition coefficient (Wildman–Crippen LogP) is 2.91. The van der Waals surface area contributed by atoms with Gasteiger partial charge in [0, 0.05) is 50.9 Å². The molecule has 170 valence electrons. The Bertz CT molecular complexity index is 1010. The van der Waals surface area contributed by atoms with E-state index in [0.717, 1.165) is 48.9 Å². The first-order valence-electron chi connectivity index (χ1n) is 11.9. The fourth-order valence-electron chi connectivity index (χ4n) is 5.34. The van der Waals surface area contributed by atoms with Gasteiger partial charge in [-0.25, -0.2) is 4.68 Å².